The van der Waals surface area contributed by atoms with Crippen LogP contribution >= 0.6 is 0 Å². The van der Waals surface area contributed by atoms with Gasteiger partial charge in [-0.1, -0.05) is 42.5 Å². The zero-order chi connectivity index (χ0) is 21.5. The van der Waals surface area contributed by atoms with Crippen molar-refractivity contribution in [3.05, 3.63) is 95.4 Å². The molecule has 1 aromatic heterocycles. The maximum Gasteiger partial charge on any atom is 0.338 e. The van der Waals surface area contributed by atoms with Gasteiger partial charge in [-0.2, -0.15) is 0 Å². The number of hydrogen-bond donors (Lipinski definition) is 1. The number of esters is 1. The fraction of sp³-hybridized carbons (Fsp3) is 0.130. The maximum absolute atomic E-state index is 12.3. The van der Waals surface area contributed by atoms with E-state index in [2.05, 4.69) is 5.32 Å². The van der Waals surface area contributed by atoms with E-state index in [0.29, 0.717) is 11.3 Å². The Morgan fingerprint density at radius 2 is 1.43 bits per heavy atom. The van der Waals surface area contributed by atoms with E-state index in [9.17, 15) is 19.2 Å². The summed E-state index contributed by atoms with van der Waals surface area (Å²) in [6.45, 7) is 1.63. The summed E-state index contributed by atoms with van der Waals surface area (Å²) in [5, 5.41) is 2.60. The van der Waals surface area contributed by atoms with Crippen LogP contribution in [0, 0.1) is 0 Å². The lowest BCUT2D eigenvalue weighted by Crippen LogP contribution is -2.35. The Morgan fingerprint density at radius 1 is 0.833 bits per heavy atom. The highest BCUT2D eigenvalue weighted by Crippen LogP contribution is 2.11. The molecule has 0 bridgehead atoms. The van der Waals surface area contributed by atoms with Crippen molar-refractivity contribution in [1.29, 1.82) is 0 Å². The molecular weight excluding hydrogens is 386 g/mol. The average Bonchev–Trinajstić information content (AvgIpc) is 3.30. The van der Waals surface area contributed by atoms with Gasteiger partial charge < -0.3 is 14.5 Å². The fourth-order valence-electron chi connectivity index (χ4n) is 2.62. The van der Waals surface area contributed by atoms with Crippen LogP contribution in [-0.2, 0) is 16.1 Å². The van der Waals surface area contributed by atoms with Crippen molar-refractivity contribution in [2.45, 2.75) is 19.6 Å². The lowest BCUT2D eigenvalue weighted by molar-refractivity contribution is -0.129. The predicted molar refractivity (Wildman–Crippen MR) is 107 cm³/mol. The molecule has 1 atom stereocenters. The second-order valence-corrected chi connectivity index (χ2v) is 6.45. The van der Waals surface area contributed by atoms with E-state index in [1.807, 2.05) is 0 Å². The van der Waals surface area contributed by atoms with Crippen LogP contribution < -0.4 is 5.32 Å². The van der Waals surface area contributed by atoms with Crippen LogP contribution in [0.1, 0.15) is 43.8 Å². The summed E-state index contributed by atoms with van der Waals surface area (Å²) >= 11 is 0. The van der Waals surface area contributed by atoms with Crippen LogP contribution in [-0.4, -0.2) is 29.5 Å². The number of benzene rings is 2. The lowest BCUT2D eigenvalue weighted by Gasteiger charge is -2.13. The predicted octanol–water partition coefficient (Wildman–Crippen LogP) is 3.21. The van der Waals surface area contributed by atoms with Crippen LogP contribution in [0.25, 0.3) is 0 Å². The van der Waals surface area contributed by atoms with Crippen molar-refractivity contribution in [3.63, 3.8) is 0 Å². The van der Waals surface area contributed by atoms with Crippen LogP contribution in [0.4, 0.5) is 0 Å². The number of Topliss-reactive ketones (excluding diaryl/α,β-unsaturated/α-hetero) is 2. The summed E-state index contributed by atoms with van der Waals surface area (Å²) in [4.78, 5) is 48.9. The third-order valence-electron chi connectivity index (χ3n) is 4.29. The van der Waals surface area contributed by atoms with Gasteiger partial charge in [0.05, 0.1) is 18.4 Å². The first-order valence-electron chi connectivity index (χ1n) is 9.21. The summed E-state index contributed by atoms with van der Waals surface area (Å²) in [6.07, 6.45) is 0.473. The molecule has 152 valence electrons. The molecular formula is C23H19NO6. The monoisotopic (exact) mass is 405 g/mol. The van der Waals surface area contributed by atoms with E-state index in [0.717, 1.165) is 0 Å². The van der Waals surface area contributed by atoms with Crippen LogP contribution in [0.5, 0.6) is 0 Å². The molecule has 7 heteroatoms. The number of nitrogens with one attached hydrogen (secondary N) is 1. The molecule has 7 nitrogen and oxygen atoms in total. The smallest absolute Gasteiger partial charge is 0.338 e. The number of ether oxygens (including phenoxy) is 1. The van der Waals surface area contributed by atoms with Crippen molar-refractivity contribution >= 4 is 23.4 Å². The van der Waals surface area contributed by atoms with E-state index in [1.54, 1.807) is 42.5 Å². The fourth-order valence-corrected chi connectivity index (χ4v) is 2.62. The normalized spacial score (nSPS) is 11.4. The zero-order valence-electron chi connectivity index (χ0n) is 16.2. The molecule has 2 aromatic carbocycles. The second-order valence-electron chi connectivity index (χ2n) is 6.45. The SMILES string of the molecule is C[C@@H](OC(=O)c1ccc(C(=O)C(=O)c2ccccc2)cc1)C(=O)NCc1ccco1. The van der Waals surface area contributed by atoms with Gasteiger partial charge in [-0.25, -0.2) is 4.79 Å². The minimum atomic E-state index is -1.02. The number of ketones is 2. The van der Waals surface area contributed by atoms with E-state index in [-0.39, 0.29) is 17.7 Å². The zero-order valence-corrected chi connectivity index (χ0v) is 16.2. The lowest BCUT2D eigenvalue weighted by atomic mass is 10.0. The van der Waals surface area contributed by atoms with Crippen LogP contribution in [0.3, 0.4) is 0 Å². The van der Waals surface area contributed by atoms with Crippen molar-refractivity contribution in [3.8, 4) is 0 Å². The van der Waals surface area contributed by atoms with E-state index < -0.39 is 29.5 Å². The first kappa shape index (κ1) is 20.7. The molecule has 0 radical (unpaired) electrons. The highest BCUT2D eigenvalue weighted by atomic mass is 16.5. The molecule has 0 aliphatic heterocycles. The summed E-state index contributed by atoms with van der Waals surface area (Å²) < 4.78 is 10.3. The topological polar surface area (TPSA) is 103 Å². The van der Waals surface area contributed by atoms with Gasteiger partial charge in [0, 0.05) is 11.1 Å². The molecule has 1 heterocycles. The molecule has 1 amide bonds. The summed E-state index contributed by atoms with van der Waals surface area (Å²) in [5.41, 5.74) is 0.606. The van der Waals surface area contributed by atoms with Crippen LogP contribution in [0.15, 0.2) is 77.4 Å². The minimum Gasteiger partial charge on any atom is -0.467 e. The Hall–Kier alpha value is -4.00. The van der Waals surface area contributed by atoms with E-state index in [4.69, 9.17) is 9.15 Å². The molecule has 0 spiro atoms. The molecule has 0 aliphatic carbocycles. The Labute approximate surface area is 172 Å². The average molecular weight is 405 g/mol. The van der Waals surface area contributed by atoms with Crippen LogP contribution in [0.2, 0.25) is 0 Å². The summed E-state index contributed by atoms with van der Waals surface area (Å²) in [6, 6.07) is 17.1. The second kappa shape index (κ2) is 9.47. The molecule has 30 heavy (non-hydrogen) atoms. The quantitative estimate of drug-likeness (QED) is 0.351. The molecule has 0 fully saturated rings. The number of furan rings is 1. The summed E-state index contributed by atoms with van der Waals surface area (Å²) in [5.74, 6) is -1.92. The number of carbonyl (C=O) groups excluding carboxylic acids is 4. The first-order chi connectivity index (χ1) is 14.5. The maximum atomic E-state index is 12.3. The van der Waals surface area contributed by atoms with Gasteiger partial charge in [0.25, 0.3) is 5.91 Å². The molecule has 1 N–H and O–H groups in total. The van der Waals surface area contributed by atoms with Crippen molar-refractivity contribution in [1.82, 2.24) is 5.32 Å². The summed E-state index contributed by atoms with van der Waals surface area (Å²) in [7, 11) is 0. The highest BCUT2D eigenvalue weighted by Gasteiger charge is 2.21. The molecule has 0 saturated heterocycles. The first-order valence-corrected chi connectivity index (χ1v) is 9.21. The highest BCUT2D eigenvalue weighted by molar-refractivity contribution is 6.49. The number of carbonyl (C=O) groups is 4. The molecule has 0 unspecified atom stereocenters. The van der Waals surface area contributed by atoms with E-state index in [1.165, 1.54) is 37.5 Å². The number of rotatable bonds is 8. The van der Waals surface area contributed by atoms with Gasteiger partial charge in [0.2, 0.25) is 11.6 Å². The third-order valence-corrected chi connectivity index (χ3v) is 4.29. The Balaban J connectivity index is 1.57. The van der Waals surface area contributed by atoms with Gasteiger partial charge in [-0.15, -0.1) is 0 Å². The molecule has 0 aliphatic rings. The number of amides is 1. The number of hydrogen-bond acceptors (Lipinski definition) is 6. The van der Waals surface area contributed by atoms with Gasteiger partial charge in [0.1, 0.15) is 5.76 Å². The Kier molecular flexibility index (Phi) is 6.54. The van der Waals surface area contributed by atoms with Gasteiger partial charge in [-0.3, -0.25) is 14.4 Å². The standard InChI is InChI=1S/C23H19NO6/c1-15(22(27)24-14-19-8-5-13-29-19)30-23(28)18-11-9-17(10-12-18)21(26)20(25)16-6-3-2-4-7-16/h2-13,15H,14H2,1H3,(H,24,27)/t15-/m1/s1. The van der Waals surface area contributed by atoms with Crippen molar-refractivity contribution in [2.75, 3.05) is 0 Å². The van der Waals surface area contributed by atoms with Gasteiger partial charge >= 0.3 is 5.97 Å². The van der Waals surface area contributed by atoms with Gasteiger partial charge in [0.15, 0.2) is 6.10 Å². The van der Waals surface area contributed by atoms with Gasteiger partial charge in [-0.05, 0) is 31.2 Å². The molecule has 0 saturated carbocycles. The molecule has 3 aromatic rings. The minimum absolute atomic E-state index is 0.157. The van der Waals surface area contributed by atoms with Crippen molar-refractivity contribution < 1.29 is 28.3 Å². The Morgan fingerprint density at radius 3 is 2.03 bits per heavy atom. The van der Waals surface area contributed by atoms with Crippen molar-refractivity contribution in [2.24, 2.45) is 0 Å². The molecule has 3 rings (SSSR count). The Bertz CT molecular complexity index is 1040. The largest absolute Gasteiger partial charge is 0.467 e. The van der Waals surface area contributed by atoms with E-state index >= 15 is 0 Å². The third kappa shape index (κ3) is 5.08.